The molecule has 0 aliphatic carbocycles. The van der Waals surface area contributed by atoms with Gasteiger partial charge in [-0.25, -0.2) is 0 Å². The van der Waals surface area contributed by atoms with E-state index >= 15 is 0 Å². The number of halogens is 2. The summed E-state index contributed by atoms with van der Waals surface area (Å²) >= 11 is 12.2. The normalized spacial score (nSPS) is 10.6. The molecule has 5 heteroatoms. The van der Waals surface area contributed by atoms with Gasteiger partial charge in [0.1, 0.15) is 18.1 Å². The molecule has 3 nitrogen and oxygen atoms in total. The molecular formula is C22H21Cl2NO2. The van der Waals surface area contributed by atoms with E-state index in [1.165, 1.54) is 0 Å². The molecule has 3 rings (SSSR count). The molecule has 27 heavy (non-hydrogen) atoms. The Kier molecular flexibility index (Phi) is 6.99. The van der Waals surface area contributed by atoms with Crippen molar-refractivity contribution in [2.45, 2.75) is 19.7 Å². The SMILES string of the molecule is COc1ccccc1CNCc1cc(Cl)ccc1OCc1cccc(Cl)c1. The van der Waals surface area contributed by atoms with Crippen molar-refractivity contribution >= 4 is 23.2 Å². The van der Waals surface area contributed by atoms with Crippen LogP contribution in [0.25, 0.3) is 0 Å². The lowest BCUT2D eigenvalue weighted by atomic mass is 10.1. The third-order valence-electron chi connectivity index (χ3n) is 4.13. The molecule has 0 unspecified atom stereocenters. The number of methoxy groups -OCH3 is 1. The van der Waals surface area contributed by atoms with E-state index in [9.17, 15) is 0 Å². The molecule has 0 spiro atoms. The van der Waals surface area contributed by atoms with Crippen LogP contribution in [0.2, 0.25) is 10.0 Å². The van der Waals surface area contributed by atoms with Crippen molar-refractivity contribution in [3.63, 3.8) is 0 Å². The van der Waals surface area contributed by atoms with Crippen molar-refractivity contribution in [1.29, 1.82) is 0 Å². The Morgan fingerprint density at radius 2 is 1.56 bits per heavy atom. The number of hydrogen-bond donors (Lipinski definition) is 1. The quantitative estimate of drug-likeness (QED) is 0.511. The molecule has 0 atom stereocenters. The lowest BCUT2D eigenvalue weighted by Gasteiger charge is -2.14. The summed E-state index contributed by atoms with van der Waals surface area (Å²) in [6.07, 6.45) is 0. The Morgan fingerprint density at radius 3 is 2.37 bits per heavy atom. The monoisotopic (exact) mass is 401 g/mol. The third-order valence-corrected chi connectivity index (χ3v) is 4.60. The van der Waals surface area contributed by atoms with E-state index in [4.69, 9.17) is 32.7 Å². The molecular weight excluding hydrogens is 381 g/mol. The maximum absolute atomic E-state index is 6.18. The fourth-order valence-corrected chi connectivity index (χ4v) is 3.20. The molecule has 0 aliphatic rings. The van der Waals surface area contributed by atoms with Crippen LogP contribution in [0.4, 0.5) is 0 Å². The first-order valence-corrected chi connectivity index (χ1v) is 9.39. The van der Waals surface area contributed by atoms with Crippen LogP contribution in [-0.4, -0.2) is 7.11 Å². The lowest BCUT2D eigenvalue weighted by molar-refractivity contribution is 0.302. The zero-order valence-electron chi connectivity index (χ0n) is 15.0. The molecule has 0 fully saturated rings. The zero-order valence-corrected chi connectivity index (χ0v) is 16.6. The highest BCUT2D eigenvalue weighted by Crippen LogP contribution is 2.25. The Bertz CT molecular complexity index is 899. The predicted octanol–water partition coefficient (Wildman–Crippen LogP) is 5.87. The summed E-state index contributed by atoms with van der Waals surface area (Å²) in [5.74, 6) is 1.67. The van der Waals surface area contributed by atoms with Crippen molar-refractivity contribution in [1.82, 2.24) is 5.32 Å². The highest BCUT2D eigenvalue weighted by atomic mass is 35.5. The molecule has 140 valence electrons. The molecule has 3 aromatic carbocycles. The van der Waals surface area contributed by atoms with Crippen molar-refractivity contribution < 1.29 is 9.47 Å². The zero-order chi connectivity index (χ0) is 19.1. The van der Waals surface area contributed by atoms with Gasteiger partial charge in [0.25, 0.3) is 0 Å². The van der Waals surface area contributed by atoms with E-state index < -0.39 is 0 Å². The minimum absolute atomic E-state index is 0.446. The van der Waals surface area contributed by atoms with E-state index in [-0.39, 0.29) is 0 Å². The van der Waals surface area contributed by atoms with Gasteiger partial charge in [-0.2, -0.15) is 0 Å². The summed E-state index contributed by atoms with van der Waals surface area (Å²) in [5, 5.41) is 4.81. The van der Waals surface area contributed by atoms with E-state index in [2.05, 4.69) is 5.32 Å². The first-order chi connectivity index (χ1) is 13.2. The van der Waals surface area contributed by atoms with Crippen LogP contribution in [0.15, 0.2) is 66.7 Å². The van der Waals surface area contributed by atoms with Gasteiger partial charge in [-0.05, 0) is 42.0 Å². The molecule has 0 saturated heterocycles. The van der Waals surface area contributed by atoms with Gasteiger partial charge in [-0.15, -0.1) is 0 Å². The van der Waals surface area contributed by atoms with Crippen LogP contribution in [0.5, 0.6) is 11.5 Å². The summed E-state index contributed by atoms with van der Waals surface area (Å²) in [4.78, 5) is 0. The average molecular weight is 402 g/mol. The van der Waals surface area contributed by atoms with Crippen LogP contribution < -0.4 is 14.8 Å². The van der Waals surface area contributed by atoms with E-state index in [0.29, 0.717) is 29.7 Å². The van der Waals surface area contributed by atoms with E-state index in [1.807, 2.05) is 66.7 Å². The summed E-state index contributed by atoms with van der Waals surface area (Å²) < 4.78 is 11.4. The van der Waals surface area contributed by atoms with E-state index in [1.54, 1.807) is 7.11 Å². The number of benzene rings is 3. The average Bonchev–Trinajstić information content (AvgIpc) is 2.68. The van der Waals surface area contributed by atoms with Gasteiger partial charge in [0.15, 0.2) is 0 Å². The first kappa shape index (κ1) is 19.6. The highest BCUT2D eigenvalue weighted by molar-refractivity contribution is 6.30. The first-order valence-electron chi connectivity index (χ1n) is 8.64. The predicted molar refractivity (Wildman–Crippen MR) is 111 cm³/mol. The maximum atomic E-state index is 6.18. The summed E-state index contributed by atoms with van der Waals surface area (Å²) in [6, 6.07) is 21.3. The summed E-state index contributed by atoms with van der Waals surface area (Å²) in [6.45, 7) is 1.76. The maximum Gasteiger partial charge on any atom is 0.124 e. The van der Waals surface area contributed by atoms with Crippen LogP contribution in [0, 0.1) is 0 Å². The van der Waals surface area contributed by atoms with Gasteiger partial charge in [0.2, 0.25) is 0 Å². The standard InChI is InChI=1S/C22H21Cl2NO2/c1-26-21-8-3-2-6-17(21)13-25-14-18-12-20(24)9-10-22(18)27-15-16-5-4-7-19(23)11-16/h2-12,25H,13-15H2,1H3. The second-order valence-electron chi connectivity index (χ2n) is 6.09. The van der Waals surface area contributed by atoms with Gasteiger partial charge in [0.05, 0.1) is 7.11 Å². The number of nitrogens with one attached hydrogen (secondary N) is 1. The van der Waals surface area contributed by atoms with Gasteiger partial charge in [0, 0.05) is 34.3 Å². The van der Waals surface area contributed by atoms with E-state index in [0.717, 1.165) is 28.2 Å². The smallest absolute Gasteiger partial charge is 0.124 e. The van der Waals surface area contributed by atoms with Crippen LogP contribution in [0.1, 0.15) is 16.7 Å². The molecule has 1 N–H and O–H groups in total. The summed E-state index contributed by atoms with van der Waals surface area (Å²) in [7, 11) is 1.68. The second-order valence-corrected chi connectivity index (χ2v) is 6.96. The molecule has 0 aromatic heterocycles. The van der Waals surface area contributed by atoms with Crippen molar-refractivity contribution in [3.8, 4) is 11.5 Å². The van der Waals surface area contributed by atoms with Crippen LogP contribution in [0.3, 0.4) is 0 Å². The topological polar surface area (TPSA) is 30.5 Å². The van der Waals surface area contributed by atoms with Crippen molar-refractivity contribution in [2.24, 2.45) is 0 Å². The lowest BCUT2D eigenvalue weighted by Crippen LogP contribution is -2.14. The molecule has 0 amide bonds. The largest absolute Gasteiger partial charge is 0.496 e. The minimum Gasteiger partial charge on any atom is -0.496 e. The Balaban J connectivity index is 1.65. The molecule has 0 bridgehead atoms. The highest BCUT2D eigenvalue weighted by Gasteiger charge is 2.07. The third kappa shape index (κ3) is 5.64. The number of rotatable bonds is 8. The number of para-hydroxylation sites is 1. The van der Waals surface area contributed by atoms with Crippen molar-refractivity contribution in [3.05, 3.63) is 93.5 Å². The van der Waals surface area contributed by atoms with Crippen LogP contribution in [-0.2, 0) is 19.7 Å². The fraction of sp³-hybridized carbons (Fsp3) is 0.182. The van der Waals surface area contributed by atoms with Crippen molar-refractivity contribution in [2.75, 3.05) is 7.11 Å². The Labute approximate surface area is 169 Å². The fourth-order valence-electron chi connectivity index (χ4n) is 2.80. The Hall–Kier alpha value is -2.20. The molecule has 0 radical (unpaired) electrons. The number of ether oxygens (including phenoxy) is 2. The molecule has 0 heterocycles. The Morgan fingerprint density at radius 1 is 0.778 bits per heavy atom. The van der Waals surface area contributed by atoms with Gasteiger partial charge >= 0.3 is 0 Å². The van der Waals surface area contributed by atoms with Crippen LogP contribution >= 0.6 is 23.2 Å². The molecule has 3 aromatic rings. The van der Waals surface area contributed by atoms with Gasteiger partial charge in [-0.3, -0.25) is 0 Å². The number of hydrogen-bond acceptors (Lipinski definition) is 3. The van der Waals surface area contributed by atoms with Gasteiger partial charge in [-0.1, -0.05) is 53.5 Å². The molecule has 0 saturated carbocycles. The van der Waals surface area contributed by atoms with Gasteiger partial charge < -0.3 is 14.8 Å². The summed E-state index contributed by atoms with van der Waals surface area (Å²) in [5.41, 5.74) is 3.12. The second kappa shape index (κ2) is 9.65. The molecule has 0 aliphatic heterocycles. The minimum atomic E-state index is 0.446.